The maximum absolute atomic E-state index is 13.2. The Morgan fingerprint density at radius 2 is 1.91 bits per heavy atom. The van der Waals surface area contributed by atoms with Gasteiger partial charge in [-0.2, -0.15) is 0 Å². The lowest BCUT2D eigenvalue weighted by Gasteiger charge is -2.32. The molecule has 0 fully saturated rings. The highest BCUT2D eigenvalue weighted by atomic mass is 16.5. The number of pyridine rings is 1. The van der Waals surface area contributed by atoms with Gasteiger partial charge in [-0.15, -0.1) is 0 Å². The standard InChI is InChI=1S/C26H29N3O3/c1-16(2)29-13-12-23-20(14-29)25(19-9-5-6-10-22(19)27-23)26(31)32-15-24(30)28-21-11-7-8-17(3)18(21)4/h5-11,16H,12-15H2,1-4H3,(H,28,30). The second-order valence-corrected chi connectivity index (χ2v) is 8.62. The van der Waals surface area contributed by atoms with E-state index < -0.39 is 5.97 Å². The Morgan fingerprint density at radius 1 is 1.12 bits per heavy atom. The number of para-hydroxylation sites is 1. The predicted molar refractivity (Wildman–Crippen MR) is 126 cm³/mol. The van der Waals surface area contributed by atoms with Gasteiger partial charge in [0.2, 0.25) is 0 Å². The van der Waals surface area contributed by atoms with Crippen molar-refractivity contribution in [3.8, 4) is 0 Å². The number of hydrogen-bond donors (Lipinski definition) is 1. The fraction of sp³-hybridized carbons (Fsp3) is 0.346. The van der Waals surface area contributed by atoms with Gasteiger partial charge in [0, 0.05) is 47.9 Å². The Morgan fingerprint density at radius 3 is 2.69 bits per heavy atom. The third-order valence-corrected chi connectivity index (χ3v) is 6.22. The van der Waals surface area contributed by atoms with Crippen LogP contribution in [0, 0.1) is 13.8 Å². The molecule has 1 aromatic heterocycles. The largest absolute Gasteiger partial charge is 0.452 e. The maximum atomic E-state index is 13.2. The zero-order valence-electron chi connectivity index (χ0n) is 19.1. The molecule has 0 unspecified atom stereocenters. The highest BCUT2D eigenvalue weighted by molar-refractivity contribution is 6.06. The van der Waals surface area contributed by atoms with Crippen molar-refractivity contribution in [2.45, 2.75) is 46.7 Å². The van der Waals surface area contributed by atoms with Crippen LogP contribution in [0.1, 0.15) is 46.6 Å². The first kappa shape index (κ1) is 22.0. The normalized spacial score (nSPS) is 13.8. The molecule has 1 aliphatic rings. The molecule has 0 radical (unpaired) electrons. The minimum absolute atomic E-state index is 0.342. The Hall–Kier alpha value is -3.25. The van der Waals surface area contributed by atoms with E-state index in [2.05, 4.69) is 24.1 Å². The summed E-state index contributed by atoms with van der Waals surface area (Å²) in [7, 11) is 0. The van der Waals surface area contributed by atoms with Gasteiger partial charge in [-0.3, -0.25) is 14.7 Å². The van der Waals surface area contributed by atoms with Gasteiger partial charge in [0.25, 0.3) is 5.91 Å². The van der Waals surface area contributed by atoms with Gasteiger partial charge in [-0.25, -0.2) is 4.79 Å². The van der Waals surface area contributed by atoms with Crippen molar-refractivity contribution in [1.29, 1.82) is 0 Å². The lowest BCUT2D eigenvalue weighted by Crippen LogP contribution is -2.37. The van der Waals surface area contributed by atoms with Crippen molar-refractivity contribution in [2.24, 2.45) is 0 Å². The molecule has 0 saturated carbocycles. The van der Waals surface area contributed by atoms with Crippen LogP contribution in [0.3, 0.4) is 0 Å². The number of nitrogens with one attached hydrogen (secondary N) is 1. The van der Waals surface area contributed by atoms with Gasteiger partial charge in [0.15, 0.2) is 6.61 Å². The first-order valence-corrected chi connectivity index (χ1v) is 11.0. The van der Waals surface area contributed by atoms with Crippen LogP contribution >= 0.6 is 0 Å². The second kappa shape index (κ2) is 9.09. The summed E-state index contributed by atoms with van der Waals surface area (Å²) in [5.41, 5.74) is 5.95. The summed E-state index contributed by atoms with van der Waals surface area (Å²) in [6.45, 7) is 9.44. The van der Waals surface area contributed by atoms with Crippen LogP contribution in [0.4, 0.5) is 5.69 Å². The summed E-state index contributed by atoms with van der Waals surface area (Å²) >= 11 is 0. The number of nitrogens with zero attached hydrogens (tertiary/aromatic N) is 2. The van der Waals surface area contributed by atoms with E-state index >= 15 is 0 Å². The molecule has 1 N–H and O–H groups in total. The van der Waals surface area contributed by atoms with Crippen LogP contribution in [-0.2, 0) is 22.5 Å². The molecule has 3 aromatic rings. The summed E-state index contributed by atoms with van der Waals surface area (Å²) in [5, 5.41) is 3.60. The van der Waals surface area contributed by atoms with Crippen molar-refractivity contribution < 1.29 is 14.3 Å². The summed E-state index contributed by atoms with van der Waals surface area (Å²) < 4.78 is 5.50. The highest BCUT2D eigenvalue weighted by Gasteiger charge is 2.27. The number of esters is 1. The summed E-state index contributed by atoms with van der Waals surface area (Å²) in [6.07, 6.45) is 0.783. The molecule has 0 aliphatic carbocycles. The van der Waals surface area contributed by atoms with Crippen molar-refractivity contribution >= 4 is 28.5 Å². The average molecular weight is 432 g/mol. The third kappa shape index (κ3) is 4.36. The molecule has 32 heavy (non-hydrogen) atoms. The molecule has 0 saturated heterocycles. The minimum atomic E-state index is -0.485. The molecular weight excluding hydrogens is 402 g/mol. The van der Waals surface area contributed by atoms with Gasteiger partial charge < -0.3 is 10.1 Å². The van der Waals surface area contributed by atoms with Gasteiger partial charge >= 0.3 is 5.97 Å². The zero-order chi connectivity index (χ0) is 22.8. The quantitative estimate of drug-likeness (QED) is 0.606. The van der Waals surface area contributed by atoms with Crippen LogP contribution in [-0.4, -0.2) is 41.0 Å². The fourth-order valence-electron chi connectivity index (χ4n) is 4.16. The number of hydrogen-bond acceptors (Lipinski definition) is 5. The van der Waals surface area contributed by atoms with Crippen LogP contribution in [0.5, 0.6) is 0 Å². The van der Waals surface area contributed by atoms with Gasteiger partial charge in [0.1, 0.15) is 0 Å². The molecule has 4 rings (SSSR count). The Bertz CT molecular complexity index is 1190. The molecular formula is C26H29N3O3. The van der Waals surface area contributed by atoms with Crippen molar-refractivity contribution in [3.05, 3.63) is 70.4 Å². The highest BCUT2D eigenvalue weighted by Crippen LogP contribution is 2.29. The Labute approximate surface area is 188 Å². The lowest BCUT2D eigenvalue weighted by atomic mass is 9.95. The van der Waals surface area contributed by atoms with Crippen molar-refractivity contribution in [2.75, 3.05) is 18.5 Å². The predicted octanol–water partition coefficient (Wildman–Crippen LogP) is 4.41. The number of ether oxygens (including phenoxy) is 1. The molecule has 0 bridgehead atoms. The SMILES string of the molecule is Cc1cccc(NC(=O)COC(=O)c2c3c(nc4ccccc24)CCN(C(C)C)C3)c1C. The number of fused-ring (bicyclic) bond motifs is 2. The Balaban J connectivity index is 1.58. The van der Waals surface area contributed by atoms with E-state index in [0.717, 1.165) is 51.9 Å². The van der Waals surface area contributed by atoms with Crippen molar-refractivity contribution in [1.82, 2.24) is 9.88 Å². The minimum Gasteiger partial charge on any atom is -0.452 e. The topological polar surface area (TPSA) is 71.5 Å². The van der Waals surface area contributed by atoms with Gasteiger partial charge in [-0.1, -0.05) is 30.3 Å². The van der Waals surface area contributed by atoms with Crippen LogP contribution < -0.4 is 5.32 Å². The Kier molecular flexibility index (Phi) is 6.24. The molecule has 1 amide bonds. The third-order valence-electron chi connectivity index (χ3n) is 6.22. The number of aromatic nitrogens is 1. The zero-order valence-corrected chi connectivity index (χ0v) is 19.1. The number of rotatable bonds is 5. The van der Waals surface area contributed by atoms with E-state index in [-0.39, 0.29) is 12.5 Å². The maximum Gasteiger partial charge on any atom is 0.339 e. The van der Waals surface area contributed by atoms with E-state index in [1.165, 1.54) is 0 Å². The number of carbonyl (C=O) groups is 2. The number of benzene rings is 2. The molecule has 1 aliphatic heterocycles. The van der Waals surface area contributed by atoms with Crippen LogP contribution in [0.15, 0.2) is 42.5 Å². The molecule has 2 heterocycles. The second-order valence-electron chi connectivity index (χ2n) is 8.62. The molecule has 6 heteroatoms. The number of aryl methyl sites for hydroxylation is 1. The van der Waals surface area contributed by atoms with Crippen LogP contribution in [0.2, 0.25) is 0 Å². The van der Waals surface area contributed by atoms with E-state index in [9.17, 15) is 9.59 Å². The van der Waals surface area contributed by atoms with E-state index in [0.29, 0.717) is 18.2 Å². The lowest BCUT2D eigenvalue weighted by molar-refractivity contribution is -0.119. The van der Waals surface area contributed by atoms with Gasteiger partial charge in [0.05, 0.1) is 11.1 Å². The number of anilines is 1. The molecule has 0 atom stereocenters. The van der Waals surface area contributed by atoms with Crippen molar-refractivity contribution in [3.63, 3.8) is 0 Å². The number of amides is 1. The first-order chi connectivity index (χ1) is 15.3. The first-order valence-electron chi connectivity index (χ1n) is 11.0. The smallest absolute Gasteiger partial charge is 0.339 e. The molecule has 166 valence electrons. The number of carbonyl (C=O) groups excluding carboxylic acids is 2. The van der Waals surface area contributed by atoms with Gasteiger partial charge in [-0.05, 0) is 51.0 Å². The van der Waals surface area contributed by atoms with E-state index in [1.54, 1.807) is 0 Å². The van der Waals surface area contributed by atoms with Crippen LogP contribution in [0.25, 0.3) is 10.9 Å². The van der Waals surface area contributed by atoms with E-state index in [1.807, 2.05) is 56.3 Å². The summed E-state index contributed by atoms with van der Waals surface area (Å²) in [5.74, 6) is -0.843. The van der Waals surface area contributed by atoms with E-state index in [4.69, 9.17) is 9.72 Å². The average Bonchev–Trinajstić information content (AvgIpc) is 2.78. The molecule has 6 nitrogen and oxygen atoms in total. The monoisotopic (exact) mass is 431 g/mol. The summed E-state index contributed by atoms with van der Waals surface area (Å²) in [6, 6.07) is 13.7. The fourth-order valence-corrected chi connectivity index (χ4v) is 4.16. The molecule has 2 aromatic carbocycles. The summed E-state index contributed by atoms with van der Waals surface area (Å²) in [4.78, 5) is 32.9. The molecule has 0 spiro atoms.